The van der Waals surface area contributed by atoms with Crippen LogP contribution in [0, 0.1) is 11.8 Å². The molecule has 1 amide bonds. The second kappa shape index (κ2) is 8.75. The monoisotopic (exact) mass is 294 g/mol. The number of amides is 1. The highest BCUT2D eigenvalue weighted by atomic mass is 32.1. The molecule has 0 radical (unpaired) electrons. The second-order valence-corrected chi connectivity index (χ2v) is 5.80. The third kappa shape index (κ3) is 5.33. The molecule has 20 heavy (non-hydrogen) atoms. The number of nitrogens with zero attached hydrogens (tertiary/aromatic N) is 2. The maximum atomic E-state index is 12.5. The molecule has 1 rings (SSSR count). The Labute approximate surface area is 125 Å². The summed E-state index contributed by atoms with van der Waals surface area (Å²) in [7, 11) is 4.00. The highest BCUT2D eigenvalue weighted by Crippen LogP contribution is 2.17. The minimum Gasteiger partial charge on any atom is -0.384 e. The number of carbonyl (C=O) groups is 1. The lowest BCUT2D eigenvalue weighted by Crippen LogP contribution is -2.36. The highest BCUT2D eigenvalue weighted by molar-refractivity contribution is 7.14. The first-order valence-electron chi connectivity index (χ1n) is 6.72. The maximum absolute atomic E-state index is 12.5. The molecule has 0 fully saturated rings. The molecule has 1 heterocycles. The average Bonchev–Trinajstić information content (AvgIpc) is 2.89. The number of thiophene rings is 1. The molecule has 1 aromatic rings. The first-order chi connectivity index (χ1) is 9.58. The number of carbonyl (C=O) groups excluding carboxylic acids is 1. The summed E-state index contributed by atoms with van der Waals surface area (Å²) in [6, 6.07) is 3.64. The lowest BCUT2D eigenvalue weighted by molar-refractivity contribution is 0.0750. The number of rotatable bonds is 6. The fraction of sp³-hybridized carbons (Fsp3) is 0.533. The molecular weight excluding hydrogens is 272 g/mol. The van der Waals surface area contributed by atoms with Gasteiger partial charge in [0.2, 0.25) is 0 Å². The van der Waals surface area contributed by atoms with Crippen molar-refractivity contribution >= 4 is 17.2 Å². The Morgan fingerprint density at radius 3 is 2.65 bits per heavy atom. The van der Waals surface area contributed by atoms with E-state index in [4.69, 9.17) is 5.11 Å². The van der Waals surface area contributed by atoms with Crippen LogP contribution < -0.4 is 0 Å². The summed E-state index contributed by atoms with van der Waals surface area (Å²) < 4.78 is 0. The number of hydrogen-bond acceptors (Lipinski definition) is 4. The molecule has 0 bridgehead atoms. The standard InChI is InChI=1S/C15H22N2O2S/c1-4-9-17(11-10-16(2)3)15(19)14-8-7-13(20-14)6-5-12-18/h7-8,18H,4,9-12H2,1-3H3. The predicted molar refractivity (Wildman–Crippen MR) is 83.0 cm³/mol. The normalized spacial score (nSPS) is 10.2. The lowest BCUT2D eigenvalue weighted by Gasteiger charge is -2.23. The van der Waals surface area contributed by atoms with Gasteiger partial charge in [-0.1, -0.05) is 18.8 Å². The van der Waals surface area contributed by atoms with Crippen LogP contribution >= 0.6 is 11.3 Å². The van der Waals surface area contributed by atoms with Gasteiger partial charge in [0, 0.05) is 19.6 Å². The van der Waals surface area contributed by atoms with Gasteiger partial charge in [-0.05, 0) is 32.6 Å². The minimum atomic E-state index is -0.161. The zero-order chi connectivity index (χ0) is 15.0. The Kier molecular flexibility index (Phi) is 7.31. The number of hydrogen-bond donors (Lipinski definition) is 1. The van der Waals surface area contributed by atoms with Crippen LogP contribution in [0.15, 0.2) is 12.1 Å². The Hall–Kier alpha value is -1.35. The molecule has 4 nitrogen and oxygen atoms in total. The SMILES string of the molecule is CCCN(CCN(C)C)C(=O)c1ccc(C#CCO)s1. The fourth-order valence-corrected chi connectivity index (χ4v) is 2.56. The lowest BCUT2D eigenvalue weighted by atomic mass is 10.3. The van der Waals surface area contributed by atoms with Crippen molar-refractivity contribution in [3.8, 4) is 11.8 Å². The van der Waals surface area contributed by atoms with Gasteiger partial charge >= 0.3 is 0 Å². The third-order valence-corrected chi connectivity index (χ3v) is 3.69. The minimum absolute atomic E-state index is 0.0655. The summed E-state index contributed by atoms with van der Waals surface area (Å²) in [5, 5.41) is 8.67. The zero-order valence-corrected chi connectivity index (χ0v) is 13.2. The van der Waals surface area contributed by atoms with E-state index in [-0.39, 0.29) is 12.5 Å². The Balaban J connectivity index is 2.75. The molecule has 1 aromatic heterocycles. The van der Waals surface area contributed by atoms with Crippen molar-refractivity contribution in [1.82, 2.24) is 9.80 Å². The van der Waals surface area contributed by atoms with Gasteiger partial charge in [0.25, 0.3) is 5.91 Å². The molecular formula is C15H22N2O2S. The van der Waals surface area contributed by atoms with Gasteiger partial charge in [-0.2, -0.15) is 0 Å². The molecule has 0 aliphatic rings. The summed E-state index contributed by atoms with van der Waals surface area (Å²) in [5.41, 5.74) is 0. The van der Waals surface area contributed by atoms with Gasteiger partial charge in [0.1, 0.15) is 6.61 Å². The highest BCUT2D eigenvalue weighted by Gasteiger charge is 2.16. The second-order valence-electron chi connectivity index (χ2n) is 4.72. The smallest absolute Gasteiger partial charge is 0.264 e. The molecule has 0 atom stereocenters. The van der Waals surface area contributed by atoms with Crippen molar-refractivity contribution in [2.24, 2.45) is 0 Å². The van der Waals surface area contributed by atoms with Crippen molar-refractivity contribution in [2.75, 3.05) is 40.3 Å². The Morgan fingerprint density at radius 2 is 2.05 bits per heavy atom. The summed E-state index contributed by atoms with van der Waals surface area (Å²) in [4.78, 5) is 17.9. The molecule has 0 spiro atoms. The van der Waals surface area contributed by atoms with Crippen LogP contribution in [0.4, 0.5) is 0 Å². The van der Waals surface area contributed by atoms with E-state index in [0.717, 1.165) is 30.9 Å². The largest absolute Gasteiger partial charge is 0.384 e. The van der Waals surface area contributed by atoms with Gasteiger partial charge < -0.3 is 14.9 Å². The van der Waals surface area contributed by atoms with Crippen LogP contribution in [0.2, 0.25) is 0 Å². The van der Waals surface area contributed by atoms with E-state index >= 15 is 0 Å². The molecule has 0 aromatic carbocycles. The molecule has 0 aliphatic carbocycles. The van der Waals surface area contributed by atoms with Gasteiger partial charge in [-0.15, -0.1) is 11.3 Å². The third-order valence-electron chi connectivity index (χ3n) is 2.71. The van der Waals surface area contributed by atoms with E-state index in [2.05, 4.69) is 23.7 Å². The molecule has 0 unspecified atom stereocenters. The van der Waals surface area contributed by atoms with E-state index < -0.39 is 0 Å². The maximum Gasteiger partial charge on any atom is 0.264 e. The van der Waals surface area contributed by atoms with Crippen LogP contribution in [0.25, 0.3) is 0 Å². The molecule has 5 heteroatoms. The van der Waals surface area contributed by atoms with E-state index in [1.807, 2.05) is 31.1 Å². The van der Waals surface area contributed by atoms with E-state index in [9.17, 15) is 4.79 Å². The predicted octanol–water partition coefficient (Wildman–Crippen LogP) is 1.51. The number of aliphatic hydroxyl groups is 1. The Bertz CT molecular complexity index is 486. The summed E-state index contributed by atoms with van der Waals surface area (Å²) >= 11 is 1.38. The molecule has 0 aliphatic heterocycles. The fourth-order valence-electron chi connectivity index (χ4n) is 1.71. The van der Waals surface area contributed by atoms with Gasteiger partial charge in [0.15, 0.2) is 0 Å². The first kappa shape index (κ1) is 16.7. The zero-order valence-electron chi connectivity index (χ0n) is 12.3. The summed E-state index contributed by atoms with van der Waals surface area (Å²) in [5.74, 6) is 5.49. The number of likely N-dealkylation sites (N-methyl/N-ethyl adjacent to an activating group) is 1. The average molecular weight is 294 g/mol. The van der Waals surface area contributed by atoms with Crippen LogP contribution in [0.1, 0.15) is 27.9 Å². The topological polar surface area (TPSA) is 43.8 Å². The summed E-state index contributed by atoms with van der Waals surface area (Å²) in [6.45, 7) is 4.26. The van der Waals surface area contributed by atoms with Crippen LogP contribution in [0.3, 0.4) is 0 Å². The summed E-state index contributed by atoms with van der Waals surface area (Å²) in [6.07, 6.45) is 0.946. The van der Waals surface area contributed by atoms with Crippen molar-refractivity contribution in [2.45, 2.75) is 13.3 Å². The van der Waals surface area contributed by atoms with Crippen LogP contribution in [-0.2, 0) is 0 Å². The molecule has 1 N–H and O–H groups in total. The Morgan fingerprint density at radius 1 is 1.30 bits per heavy atom. The quantitative estimate of drug-likeness (QED) is 0.809. The van der Waals surface area contributed by atoms with E-state index in [0.29, 0.717) is 4.88 Å². The molecule has 110 valence electrons. The van der Waals surface area contributed by atoms with Crippen molar-refractivity contribution in [1.29, 1.82) is 0 Å². The van der Waals surface area contributed by atoms with Crippen LogP contribution in [-0.4, -0.2) is 61.2 Å². The van der Waals surface area contributed by atoms with Gasteiger partial charge in [0.05, 0.1) is 9.75 Å². The van der Waals surface area contributed by atoms with Gasteiger partial charge in [-0.25, -0.2) is 0 Å². The molecule has 0 saturated carbocycles. The van der Waals surface area contributed by atoms with Crippen molar-refractivity contribution in [3.05, 3.63) is 21.9 Å². The van der Waals surface area contributed by atoms with E-state index in [1.165, 1.54) is 11.3 Å². The van der Waals surface area contributed by atoms with Crippen molar-refractivity contribution in [3.63, 3.8) is 0 Å². The van der Waals surface area contributed by atoms with Crippen molar-refractivity contribution < 1.29 is 9.90 Å². The van der Waals surface area contributed by atoms with Gasteiger partial charge in [-0.3, -0.25) is 4.79 Å². The van der Waals surface area contributed by atoms with Crippen LogP contribution in [0.5, 0.6) is 0 Å². The first-order valence-corrected chi connectivity index (χ1v) is 7.53. The molecule has 0 saturated heterocycles. The van der Waals surface area contributed by atoms with E-state index in [1.54, 1.807) is 0 Å². The number of aliphatic hydroxyl groups excluding tert-OH is 1.